The van der Waals surface area contributed by atoms with Gasteiger partial charge in [-0.15, -0.1) is 0 Å². The summed E-state index contributed by atoms with van der Waals surface area (Å²) in [5.41, 5.74) is 0.643. The van der Waals surface area contributed by atoms with Crippen molar-refractivity contribution in [1.82, 2.24) is 4.90 Å². The molecule has 0 aromatic heterocycles. The maximum absolute atomic E-state index is 12.1. The van der Waals surface area contributed by atoms with Gasteiger partial charge in [-0.25, -0.2) is 0 Å². The van der Waals surface area contributed by atoms with Crippen LogP contribution in [0, 0.1) is 11.8 Å². The number of hydrogen-bond acceptors (Lipinski definition) is 4. The highest BCUT2D eigenvalue weighted by atomic mass is 16.4. The van der Waals surface area contributed by atoms with Crippen molar-refractivity contribution in [1.29, 1.82) is 0 Å². The minimum absolute atomic E-state index is 0.0227. The first-order chi connectivity index (χ1) is 8.19. The van der Waals surface area contributed by atoms with Crippen molar-refractivity contribution >= 4 is 17.5 Å². The Hall–Kier alpha value is -1.39. The molecule has 17 heavy (non-hydrogen) atoms. The van der Waals surface area contributed by atoms with E-state index in [0.29, 0.717) is 31.5 Å². The molecule has 1 saturated carbocycles. The molecule has 2 fully saturated rings. The van der Waals surface area contributed by atoms with Crippen molar-refractivity contribution in [3.8, 4) is 0 Å². The van der Waals surface area contributed by atoms with Crippen LogP contribution in [0.15, 0.2) is 5.16 Å². The Labute approximate surface area is 100 Å². The summed E-state index contributed by atoms with van der Waals surface area (Å²) in [6.07, 6.45) is 3.53. The number of unbranched alkanes of at least 4 members (excludes halogenated alkanes) is 1. The van der Waals surface area contributed by atoms with Gasteiger partial charge in [0.1, 0.15) is 0 Å². The molecule has 1 N–H and O–H groups in total. The van der Waals surface area contributed by atoms with E-state index in [9.17, 15) is 9.59 Å². The monoisotopic (exact) mass is 238 g/mol. The molecule has 1 aliphatic carbocycles. The molecule has 1 saturated heterocycles. The molecule has 0 aromatic carbocycles. The van der Waals surface area contributed by atoms with Crippen LogP contribution in [0.2, 0.25) is 0 Å². The Morgan fingerprint density at radius 2 is 2.06 bits per heavy atom. The molecule has 2 atom stereocenters. The third-order valence-corrected chi connectivity index (χ3v) is 3.73. The summed E-state index contributed by atoms with van der Waals surface area (Å²) in [7, 11) is 0. The topological polar surface area (TPSA) is 70.0 Å². The van der Waals surface area contributed by atoms with E-state index in [4.69, 9.17) is 5.21 Å². The average molecular weight is 238 g/mol. The fourth-order valence-electron chi connectivity index (χ4n) is 2.71. The predicted octanol–water partition coefficient (Wildman–Crippen LogP) is 1.40. The SMILES string of the molecule is CCCCN1C(=O)C2CC/C(=N/O)CC2C1=O. The van der Waals surface area contributed by atoms with Crippen LogP contribution in [0.4, 0.5) is 0 Å². The summed E-state index contributed by atoms with van der Waals surface area (Å²) < 4.78 is 0. The van der Waals surface area contributed by atoms with Crippen LogP contribution in [-0.2, 0) is 9.59 Å². The second kappa shape index (κ2) is 4.85. The summed E-state index contributed by atoms with van der Waals surface area (Å²) in [6, 6.07) is 0. The van der Waals surface area contributed by atoms with Crippen LogP contribution in [0.5, 0.6) is 0 Å². The standard InChI is InChI=1S/C12H18N2O3/c1-2-3-6-14-11(15)9-5-4-8(13-17)7-10(9)12(14)16/h9-10,17H,2-7H2,1H3/b13-8-. The largest absolute Gasteiger partial charge is 0.411 e. The number of fused-ring (bicyclic) bond motifs is 1. The predicted molar refractivity (Wildman–Crippen MR) is 61.7 cm³/mol. The summed E-state index contributed by atoms with van der Waals surface area (Å²) in [5.74, 6) is -0.552. The van der Waals surface area contributed by atoms with E-state index in [0.717, 1.165) is 12.8 Å². The van der Waals surface area contributed by atoms with Crippen LogP contribution in [0.3, 0.4) is 0 Å². The minimum atomic E-state index is -0.279. The molecule has 2 unspecified atom stereocenters. The highest BCUT2D eigenvalue weighted by molar-refractivity contribution is 6.08. The van der Waals surface area contributed by atoms with Crippen molar-refractivity contribution in [2.45, 2.75) is 39.0 Å². The quantitative estimate of drug-likeness (QED) is 0.459. The van der Waals surface area contributed by atoms with E-state index in [2.05, 4.69) is 5.16 Å². The fourth-order valence-corrected chi connectivity index (χ4v) is 2.71. The van der Waals surface area contributed by atoms with Gasteiger partial charge in [0.2, 0.25) is 11.8 Å². The molecule has 2 rings (SSSR count). The van der Waals surface area contributed by atoms with E-state index in [-0.39, 0.29) is 23.7 Å². The number of imide groups is 1. The average Bonchev–Trinajstić information content (AvgIpc) is 2.59. The first-order valence-corrected chi connectivity index (χ1v) is 6.24. The van der Waals surface area contributed by atoms with Crippen molar-refractivity contribution in [3.63, 3.8) is 0 Å². The number of nitrogens with zero attached hydrogens (tertiary/aromatic N) is 2. The second-order valence-corrected chi connectivity index (χ2v) is 4.80. The van der Waals surface area contributed by atoms with E-state index in [1.165, 1.54) is 4.90 Å². The highest BCUT2D eigenvalue weighted by Gasteiger charge is 2.49. The van der Waals surface area contributed by atoms with Gasteiger partial charge in [-0.3, -0.25) is 14.5 Å². The molecule has 1 aliphatic heterocycles. The molecule has 1 heterocycles. The molecular formula is C12H18N2O3. The number of oxime groups is 1. The van der Waals surface area contributed by atoms with Crippen molar-refractivity contribution in [2.75, 3.05) is 6.54 Å². The van der Waals surface area contributed by atoms with Gasteiger partial charge in [-0.2, -0.15) is 0 Å². The third kappa shape index (κ3) is 2.06. The molecule has 94 valence electrons. The van der Waals surface area contributed by atoms with Crippen LogP contribution in [0.1, 0.15) is 39.0 Å². The Balaban J connectivity index is 2.11. The number of carbonyl (C=O) groups is 2. The number of hydrogen-bond donors (Lipinski definition) is 1. The number of rotatable bonds is 3. The van der Waals surface area contributed by atoms with Crippen molar-refractivity contribution in [2.24, 2.45) is 17.0 Å². The minimum Gasteiger partial charge on any atom is -0.411 e. The summed E-state index contributed by atoms with van der Waals surface area (Å²) in [5, 5.41) is 11.9. The first-order valence-electron chi connectivity index (χ1n) is 6.24. The molecule has 0 spiro atoms. The summed E-state index contributed by atoms with van der Waals surface area (Å²) in [6.45, 7) is 2.57. The molecular weight excluding hydrogens is 220 g/mol. The van der Waals surface area contributed by atoms with Crippen LogP contribution < -0.4 is 0 Å². The zero-order valence-electron chi connectivity index (χ0n) is 10.1. The van der Waals surface area contributed by atoms with Gasteiger partial charge in [0.15, 0.2) is 0 Å². The lowest BCUT2D eigenvalue weighted by Gasteiger charge is -2.20. The lowest BCUT2D eigenvalue weighted by Crippen LogP contribution is -2.32. The van der Waals surface area contributed by atoms with Gasteiger partial charge in [-0.05, 0) is 19.3 Å². The van der Waals surface area contributed by atoms with Crippen molar-refractivity contribution in [3.05, 3.63) is 0 Å². The zero-order valence-corrected chi connectivity index (χ0v) is 10.1. The lowest BCUT2D eigenvalue weighted by atomic mass is 9.80. The van der Waals surface area contributed by atoms with Crippen molar-refractivity contribution < 1.29 is 14.8 Å². The molecule has 0 aromatic rings. The lowest BCUT2D eigenvalue weighted by molar-refractivity contribution is -0.139. The Morgan fingerprint density at radius 1 is 1.35 bits per heavy atom. The maximum atomic E-state index is 12.1. The van der Waals surface area contributed by atoms with Gasteiger partial charge in [0.05, 0.1) is 17.5 Å². The smallest absolute Gasteiger partial charge is 0.233 e. The van der Waals surface area contributed by atoms with E-state index < -0.39 is 0 Å². The van der Waals surface area contributed by atoms with Gasteiger partial charge < -0.3 is 5.21 Å². The molecule has 2 amide bonds. The number of amides is 2. The van der Waals surface area contributed by atoms with Gasteiger partial charge in [0.25, 0.3) is 0 Å². The van der Waals surface area contributed by atoms with E-state index in [1.54, 1.807) is 0 Å². The Bertz CT molecular complexity index is 365. The Kier molecular flexibility index (Phi) is 3.45. The first kappa shape index (κ1) is 12.1. The molecule has 5 heteroatoms. The highest BCUT2D eigenvalue weighted by Crippen LogP contribution is 2.37. The normalized spacial score (nSPS) is 31.1. The molecule has 0 radical (unpaired) electrons. The van der Waals surface area contributed by atoms with Gasteiger partial charge in [0, 0.05) is 13.0 Å². The molecule has 5 nitrogen and oxygen atoms in total. The van der Waals surface area contributed by atoms with E-state index >= 15 is 0 Å². The zero-order chi connectivity index (χ0) is 12.4. The summed E-state index contributed by atoms with van der Waals surface area (Å²) in [4.78, 5) is 25.5. The Morgan fingerprint density at radius 3 is 2.71 bits per heavy atom. The fraction of sp³-hybridized carbons (Fsp3) is 0.750. The van der Waals surface area contributed by atoms with E-state index in [1.807, 2.05) is 6.92 Å². The van der Waals surface area contributed by atoms with Crippen LogP contribution >= 0.6 is 0 Å². The molecule has 2 aliphatic rings. The number of likely N-dealkylation sites (tertiary alicyclic amines) is 1. The maximum Gasteiger partial charge on any atom is 0.233 e. The second-order valence-electron chi connectivity index (χ2n) is 4.80. The summed E-state index contributed by atoms with van der Waals surface area (Å²) >= 11 is 0. The molecule has 0 bridgehead atoms. The van der Waals surface area contributed by atoms with Gasteiger partial charge in [-0.1, -0.05) is 18.5 Å². The number of carbonyl (C=O) groups excluding carboxylic acids is 2. The van der Waals surface area contributed by atoms with Crippen LogP contribution in [0.25, 0.3) is 0 Å². The van der Waals surface area contributed by atoms with Gasteiger partial charge >= 0.3 is 0 Å². The third-order valence-electron chi connectivity index (χ3n) is 3.73. The van der Waals surface area contributed by atoms with Crippen LogP contribution in [-0.4, -0.2) is 34.2 Å².